The molecule has 88 valence electrons. The number of rotatable bonds is 2. The van der Waals surface area contributed by atoms with Crippen molar-refractivity contribution in [2.24, 2.45) is 0 Å². The molecular weight excluding hydrogens is 285 g/mol. The van der Waals surface area contributed by atoms with Gasteiger partial charge in [-0.15, -0.1) is 0 Å². The Hall–Kier alpha value is -1.62. The van der Waals surface area contributed by atoms with Crippen LogP contribution in [0.4, 0.5) is 21.6 Å². The van der Waals surface area contributed by atoms with Crippen LogP contribution >= 0.6 is 15.9 Å². The van der Waals surface area contributed by atoms with Gasteiger partial charge < -0.3 is 11.1 Å². The van der Waals surface area contributed by atoms with Crippen LogP contribution in [-0.2, 0) is 0 Å². The summed E-state index contributed by atoms with van der Waals surface area (Å²) in [5.41, 5.74) is 7.55. The predicted molar refractivity (Wildman–Crippen MR) is 70.8 cm³/mol. The lowest BCUT2D eigenvalue weighted by atomic mass is 10.2. The molecule has 2 rings (SSSR count). The first-order valence-electron chi connectivity index (χ1n) is 5.00. The van der Waals surface area contributed by atoms with Crippen LogP contribution in [0, 0.1) is 12.7 Å². The van der Waals surface area contributed by atoms with E-state index in [1.165, 1.54) is 6.07 Å². The molecule has 0 saturated carbocycles. The van der Waals surface area contributed by atoms with E-state index in [1.54, 1.807) is 24.4 Å². The third kappa shape index (κ3) is 2.74. The number of benzene rings is 1. The highest BCUT2D eigenvalue weighted by atomic mass is 79.9. The second-order valence-electron chi connectivity index (χ2n) is 3.68. The van der Waals surface area contributed by atoms with Crippen LogP contribution in [0.5, 0.6) is 0 Å². The van der Waals surface area contributed by atoms with E-state index in [-0.39, 0.29) is 5.82 Å². The molecule has 0 spiro atoms. The second kappa shape index (κ2) is 4.71. The molecule has 0 bridgehead atoms. The average Bonchev–Trinajstić information content (AvgIpc) is 2.29. The van der Waals surface area contributed by atoms with Crippen LogP contribution in [0.25, 0.3) is 0 Å². The summed E-state index contributed by atoms with van der Waals surface area (Å²) in [6, 6.07) is 6.46. The molecule has 0 amide bonds. The third-order valence-electron chi connectivity index (χ3n) is 2.34. The zero-order valence-corrected chi connectivity index (χ0v) is 10.8. The molecule has 5 heteroatoms. The van der Waals surface area contributed by atoms with Crippen LogP contribution in [0.3, 0.4) is 0 Å². The smallest absolute Gasteiger partial charge is 0.146 e. The van der Waals surface area contributed by atoms with E-state index in [2.05, 4.69) is 26.2 Å². The van der Waals surface area contributed by atoms with Gasteiger partial charge in [-0.05, 0) is 36.8 Å². The fraction of sp³-hybridized carbons (Fsp3) is 0.0833. The molecule has 0 aliphatic carbocycles. The highest BCUT2D eigenvalue weighted by Gasteiger charge is 2.04. The van der Waals surface area contributed by atoms with Gasteiger partial charge in [-0.1, -0.05) is 15.9 Å². The number of aryl methyl sites for hydroxylation is 1. The number of pyridine rings is 1. The first kappa shape index (κ1) is 11.9. The number of hydrogen-bond donors (Lipinski definition) is 2. The lowest BCUT2D eigenvalue weighted by Crippen LogP contribution is -1.98. The number of aromatic nitrogens is 1. The Kier molecular flexibility index (Phi) is 3.28. The Morgan fingerprint density at radius 2 is 2.12 bits per heavy atom. The van der Waals surface area contributed by atoms with Crippen molar-refractivity contribution in [1.82, 2.24) is 4.98 Å². The minimum absolute atomic E-state index is 0.329. The van der Waals surface area contributed by atoms with E-state index < -0.39 is 0 Å². The first-order chi connectivity index (χ1) is 8.06. The van der Waals surface area contributed by atoms with E-state index in [1.807, 2.05) is 6.92 Å². The number of anilines is 3. The summed E-state index contributed by atoms with van der Waals surface area (Å²) in [6.45, 7) is 1.87. The van der Waals surface area contributed by atoms with Gasteiger partial charge in [0.15, 0.2) is 0 Å². The van der Waals surface area contributed by atoms with Gasteiger partial charge in [-0.2, -0.15) is 0 Å². The number of halogens is 2. The number of nitrogen functional groups attached to an aromatic ring is 1. The van der Waals surface area contributed by atoms with Gasteiger partial charge in [-0.3, -0.25) is 0 Å². The Morgan fingerprint density at radius 3 is 2.82 bits per heavy atom. The highest BCUT2D eigenvalue weighted by molar-refractivity contribution is 9.10. The molecule has 1 heterocycles. The van der Waals surface area contributed by atoms with Crippen molar-refractivity contribution in [3.8, 4) is 0 Å². The minimum atomic E-state index is -0.329. The van der Waals surface area contributed by atoms with Gasteiger partial charge in [0.2, 0.25) is 0 Å². The van der Waals surface area contributed by atoms with E-state index >= 15 is 0 Å². The molecule has 2 aromatic rings. The minimum Gasteiger partial charge on any atom is -0.397 e. The van der Waals surface area contributed by atoms with Crippen molar-refractivity contribution in [1.29, 1.82) is 0 Å². The summed E-state index contributed by atoms with van der Waals surface area (Å²) in [5, 5.41) is 2.91. The van der Waals surface area contributed by atoms with E-state index in [9.17, 15) is 4.39 Å². The van der Waals surface area contributed by atoms with Gasteiger partial charge >= 0.3 is 0 Å². The van der Waals surface area contributed by atoms with Crippen molar-refractivity contribution in [3.05, 3.63) is 46.3 Å². The van der Waals surface area contributed by atoms with Crippen LogP contribution in [0.2, 0.25) is 0 Å². The number of nitrogens with zero attached hydrogens (tertiary/aromatic N) is 1. The average molecular weight is 296 g/mol. The Labute approximate surface area is 107 Å². The monoisotopic (exact) mass is 295 g/mol. The Morgan fingerprint density at radius 1 is 1.35 bits per heavy atom. The summed E-state index contributed by atoms with van der Waals surface area (Å²) in [4.78, 5) is 4.09. The zero-order chi connectivity index (χ0) is 12.4. The zero-order valence-electron chi connectivity index (χ0n) is 9.17. The molecule has 1 aromatic carbocycles. The van der Waals surface area contributed by atoms with Crippen molar-refractivity contribution >= 4 is 33.1 Å². The lowest BCUT2D eigenvalue weighted by Gasteiger charge is -2.08. The number of hydrogen-bond acceptors (Lipinski definition) is 3. The highest BCUT2D eigenvalue weighted by Crippen LogP contribution is 2.24. The second-order valence-corrected chi connectivity index (χ2v) is 4.59. The molecule has 0 aliphatic heterocycles. The molecule has 0 unspecified atom stereocenters. The first-order valence-corrected chi connectivity index (χ1v) is 5.80. The molecule has 0 radical (unpaired) electrons. The fourth-order valence-electron chi connectivity index (χ4n) is 1.37. The Balaban J connectivity index is 2.31. The summed E-state index contributed by atoms with van der Waals surface area (Å²) in [5.74, 6) is 0.234. The van der Waals surface area contributed by atoms with E-state index in [0.29, 0.717) is 17.2 Å². The van der Waals surface area contributed by atoms with Crippen LogP contribution in [-0.4, -0.2) is 4.98 Å². The summed E-state index contributed by atoms with van der Waals surface area (Å²) in [6.07, 6.45) is 1.55. The number of nitrogens with two attached hydrogens (primary N) is 1. The van der Waals surface area contributed by atoms with Crippen molar-refractivity contribution < 1.29 is 4.39 Å². The maximum absolute atomic E-state index is 13.5. The summed E-state index contributed by atoms with van der Waals surface area (Å²) >= 11 is 3.29. The van der Waals surface area contributed by atoms with Gasteiger partial charge in [0.05, 0.1) is 17.6 Å². The molecule has 0 saturated heterocycles. The van der Waals surface area contributed by atoms with Crippen LogP contribution in [0.15, 0.2) is 34.9 Å². The number of nitrogens with one attached hydrogen (secondary N) is 1. The molecular formula is C12H11BrFN3. The van der Waals surface area contributed by atoms with Crippen molar-refractivity contribution in [2.75, 3.05) is 11.1 Å². The topological polar surface area (TPSA) is 50.9 Å². The lowest BCUT2D eigenvalue weighted by molar-refractivity contribution is 0.631. The molecule has 0 atom stereocenters. The fourth-order valence-corrected chi connectivity index (χ4v) is 1.73. The summed E-state index contributed by atoms with van der Waals surface area (Å²) in [7, 11) is 0. The molecule has 3 nitrogen and oxygen atoms in total. The molecule has 17 heavy (non-hydrogen) atoms. The maximum Gasteiger partial charge on any atom is 0.146 e. The molecule has 1 aromatic heterocycles. The third-order valence-corrected chi connectivity index (χ3v) is 2.84. The van der Waals surface area contributed by atoms with Crippen molar-refractivity contribution in [3.63, 3.8) is 0 Å². The van der Waals surface area contributed by atoms with E-state index in [0.717, 1.165) is 10.0 Å². The predicted octanol–water partition coefficient (Wildman–Crippen LogP) is 3.62. The molecule has 0 fully saturated rings. The molecule has 3 N–H and O–H groups in total. The maximum atomic E-state index is 13.5. The quantitative estimate of drug-likeness (QED) is 0.890. The van der Waals surface area contributed by atoms with Gasteiger partial charge in [0.25, 0.3) is 0 Å². The largest absolute Gasteiger partial charge is 0.397 e. The Bertz CT molecular complexity index is 557. The van der Waals surface area contributed by atoms with Crippen molar-refractivity contribution in [2.45, 2.75) is 6.92 Å². The van der Waals surface area contributed by atoms with Gasteiger partial charge in [0.1, 0.15) is 11.6 Å². The summed E-state index contributed by atoms with van der Waals surface area (Å²) < 4.78 is 14.3. The van der Waals surface area contributed by atoms with E-state index in [4.69, 9.17) is 5.73 Å². The molecule has 0 aliphatic rings. The van der Waals surface area contributed by atoms with Gasteiger partial charge in [0, 0.05) is 4.47 Å². The SMILES string of the molecule is Cc1cc(Nc2cc(Br)ccc2F)ncc1N. The van der Waals surface area contributed by atoms with Crippen LogP contribution in [0.1, 0.15) is 5.56 Å². The van der Waals surface area contributed by atoms with Gasteiger partial charge in [-0.25, -0.2) is 9.37 Å². The normalized spacial score (nSPS) is 10.3. The van der Waals surface area contributed by atoms with Crippen LogP contribution < -0.4 is 11.1 Å². The standard InChI is InChI=1S/C12H11BrFN3/c1-7-4-12(16-6-10(7)15)17-11-5-8(13)2-3-9(11)14/h2-6H,15H2,1H3,(H,16,17).